The Morgan fingerprint density at radius 1 is 1.13 bits per heavy atom. The van der Waals surface area contributed by atoms with Crippen LogP contribution in [0.3, 0.4) is 0 Å². The topological polar surface area (TPSA) is 82.1 Å². The van der Waals surface area contributed by atoms with Crippen molar-refractivity contribution in [3.8, 4) is 11.5 Å². The van der Waals surface area contributed by atoms with Crippen molar-refractivity contribution in [1.29, 1.82) is 0 Å². The Morgan fingerprint density at radius 3 is 2.40 bits per heavy atom. The number of carbonyl (C=O) groups is 2. The molecule has 0 bridgehead atoms. The Hall–Kier alpha value is -2.80. The minimum atomic E-state index is -0.399. The van der Waals surface area contributed by atoms with E-state index < -0.39 is 5.97 Å². The SMILES string of the molecule is CCOC(=O)c1c(C)[nH]c(C(=O)[C@H](C)[NH+](C)CCc2ccc(OC)c(OC)c2)c1C. The van der Waals surface area contributed by atoms with Gasteiger partial charge in [0.05, 0.1) is 45.7 Å². The Balaban J connectivity index is 2.09. The van der Waals surface area contributed by atoms with Gasteiger partial charge in [-0.15, -0.1) is 0 Å². The Bertz CT molecular complexity index is 903. The number of hydrogen-bond donors (Lipinski definition) is 2. The lowest BCUT2D eigenvalue weighted by atomic mass is 10.0. The number of carbonyl (C=O) groups excluding carboxylic acids is 2. The lowest BCUT2D eigenvalue weighted by Crippen LogP contribution is -3.13. The molecule has 2 atom stereocenters. The van der Waals surface area contributed by atoms with Crippen molar-refractivity contribution >= 4 is 11.8 Å². The molecule has 7 nitrogen and oxygen atoms in total. The number of methoxy groups -OCH3 is 2. The lowest BCUT2D eigenvalue weighted by molar-refractivity contribution is -0.893. The van der Waals surface area contributed by atoms with E-state index in [9.17, 15) is 9.59 Å². The third-order valence-corrected chi connectivity index (χ3v) is 5.55. The summed E-state index contributed by atoms with van der Waals surface area (Å²) in [4.78, 5) is 29.5. The highest BCUT2D eigenvalue weighted by atomic mass is 16.5. The number of likely N-dealkylation sites (N-methyl/N-ethyl adjacent to an activating group) is 1. The van der Waals surface area contributed by atoms with Crippen molar-refractivity contribution in [1.82, 2.24) is 4.98 Å². The molecule has 0 fully saturated rings. The fraction of sp³-hybridized carbons (Fsp3) is 0.478. The van der Waals surface area contributed by atoms with Gasteiger partial charge in [-0.1, -0.05) is 6.07 Å². The molecule has 0 spiro atoms. The minimum Gasteiger partial charge on any atom is -0.493 e. The molecule has 0 saturated carbocycles. The van der Waals surface area contributed by atoms with E-state index in [2.05, 4.69) is 4.98 Å². The molecule has 164 valence electrons. The second-order valence-electron chi connectivity index (χ2n) is 7.47. The monoisotopic (exact) mass is 417 g/mol. The lowest BCUT2D eigenvalue weighted by Gasteiger charge is -2.21. The van der Waals surface area contributed by atoms with Gasteiger partial charge in [0.15, 0.2) is 11.5 Å². The van der Waals surface area contributed by atoms with Crippen LogP contribution in [-0.2, 0) is 11.2 Å². The number of H-pyrrole nitrogens is 1. The van der Waals surface area contributed by atoms with Crippen LogP contribution >= 0.6 is 0 Å². The molecule has 1 aromatic carbocycles. The quantitative estimate of drug-likeness (QED) is 0.457. The summed E-state index contributed by atoms with van der Waals surface area (Å²) in [6.45, 7) is 8.31. The van der Waals surface area contributed by atoms with Gasteiger partial charge in [0.1, 0.15) is 6.04 Å². The molecule has 0 aliphatic carbocycles. The number of aromatic amines is 1. The van der Waals surface area contributed by atoms with Crippen LogP contribution in [0.15, 0.2) is 18.2 Å². The van der Waals surface area contributed by atoms with Crippen molar-refractivity contribution < 1.29 is 28.7 Å². The summed E-state index contributed by atoms with van der Waals surface area (Å²) in [6.07, 6.45) is 0.792. The van der Waals surface area contributed by atoms with Gasteiger partial charge in [-0.3, -0.25) is 4.79 Å². The first kappa shape index (κ1) is 23.5. The third-order valence-electron chi connectivity index (χ3n) is 5.55. The smallest absolute Gasteiger partial charge is 0.340 e. The number of ether oxygens (including phenoxy) is 3. The normalized spacial score (nSPS) is 12.9. The van der Waals surface area contributed by atoms with Crippen LogP contribution < -0.4 is 14.4 Å². The second-order valence-corrected chi connectivity index (χ2v) is 7.47. The number of quaternary nitrogens is 1. The molecule has 1 aromatic heterocycles. The molecular formula is C23H33N2O5+. The molecule has 30 heavy (non-hydrogen) atoms. The number of aromatic nitrogens is 1. The van der Waals surface area contributed by atoms with Crippen molar-refractivity contribution in [2.45, 2.75) is 40.2 Å². The van der Waals surface area contributed by atoms with Crippen LogP contribution in [0.4, 0.5) is 0 Å². The van der Waals surface area contributed by atoms with E-state index >= 15 is 0 Å². The fourth-order valence-electron chi connectivity index (χ4n) is 3.54. The maximum Gasteiger partial charge on any atom is 0.340 e. The van der Waals surface area contributed by atoms with Gasteiger partial charge in [-0.2, -0.15) is 0 Å². The number of rotatable bonds is 10. The molecule has 1 unspecified atom stereocenters. The summed E-state index contributed by atoms with van der Waals surface area (Å²) in [5.41, 5.74) is 3.35. The van der Waals surface area contributed by atoms with Gasteiger partial charge < -0.3 is 24.1 Å². The number of nitrogens with one attached hydrogen (secondary N) is 2. The first-order chi connectivity index (χ1) is 14.2. The summed E-state index contributed by atoms with van der Waals surface area (Å²) >= 11 is 0. The Morgan fingerprint density at radius 2 is 1.80 bits per heavy atom. The zero-order valence-corrected chi connectivity index (χ0v) is 19.0. The van der Waals surface area contributed by atoms with Gasteiger partial charge in [0.25, 0.3) is 0 Å². The summed E-state index contributed by atoms with van der Waals surface area (Å²) in [5.74, 6) is 0.974. The Labute approximate surface area is 178 Å². The maximum atomic E-state index is 13.1. The Kier molecular flexibility index (Phi) is 8.06. The summed E-state index contributed by atoms with van der Waals surface area (Å²) in [6, 6.07) is 5.59. The molecule has 7 heteroatoms. The van der Waals surface area contributed by atoms with Crippen LogP contribution in [0.5, 0.6) is 11.5 Å². The zero-order valence-electron chi connectivity index (χ0n) is 19.0. The van der Waals surface area contributed by atoms with Crippen LogP contribution in [0.2, 0.25) is 0 Å². The zero-order chi connectivity index (χ0) is 22.4. The average molecular weight is 418 g/mol. The van der Waals surface area contributed by atoms with Gasteiger partial charge in [0, 0.05) is 12.1 Å². The van der Waals surface area contributed by atoms with E-state index in [1.54, 1.807) is 35.0 Å². The van der Waals surface area contributed by atoms with Crippen LogP contribution in [0.25, 0.3) is 0 Å². The first-order valence-electron chi connectivity index (χ1n) is 10.2. The fourth-order valence-corrected chi connectivity index (χ4v) is 3.54. The number of aryl methyl sites for hydroxylation is 1. The highest BCUT2D eigenvalue weighted by Crippen LogP contribution is 2.27. The summed E-state index contributed by atoms with van der Waals surface area (Å²) < 4.78 is 15.8. The average Bonchev–Trinajstić information content (AvgIpc) is 3.04. The number of ketones is 1. The van der Waals surface area contributed by atoms with Crippen LogP contribution in [0, 0.1) is 13.8 Å². The van der Waals surface area contributed by atoms with Crippen LogP contribution in [0.1, 0.15) is 51.5 Å². The number of esters is 1. The van der Waals surface area contributed by atoms with Gasteiger partial charge >= 0.3 is 5.97 Å². The van der Waals surface area contributed by atoms with Gasteiger partial charge in [0.2, 0.25) is 5.78 Å². The van der Waals surface area contributed by atoms with Crippen molar-refractivity contribution in [3.05, 3.63) is 46.3 Å². The molecular weight excluding hydrogens is 384 g/mol. The van der Waals surface area contributed by atoms with E-state index in [0.717, 1.165) is 23.4 Å². The van der Waals surface area contributed by atoms with E-state index in [4.69, 9.17) is 14.2 Å². The number of benzene rings is 1. The highest BCUT2D eigenvalue weighted by Gasteiger charge is 2.29. The highest BCUT2D eigenvalue weighted by molar-refractivity contribution is 6.03. The number of hydrogen-bond acceptors (Lipinski definition) is 5. The summed E-state index contributed by atoms with van der Waals surface area (Å²) in [5, 5.41) is 0. The molecule has 2 N–H and O–H groups in total. The second kappa shape index (κ2) is 10.3. The van der Waals surface area contributed by atoms with E-state index in [1.807, 2.05) is 32.2 Å². The van der Waals surface area contributed by atoms with E-state index in [0.29, 0.717) is 40.6 Å². The van der Waals surface area contributed by atoms with Crippen molar-refractivity contribution in [2.75, 3.05) is 34.4 Å². The maximum absolute atomic E-state index is 13.1. The standard InChI is InChI=1S/C23H32N2O5/c1-8-30-23(27)20-14(2)21(24-15(20)3)22(26)16(4)25(5)12-11-17-9-10-18(28-6)19(13-17)29-7/h9-10,13,16,24H,8,11-12H2,1-7H3/p+1/t16-/m0/s1. The molecule has 0 aliphatic rings. The van der Waals surface area contributed by atoms with E-state index in [-0.39, 0.29) is 11.8 Å². The minimum absolute atomic E-state index is 0.0176. The first-order valence-corrected chi connectivity index (χ1v) is 10.2. The third kappa shape index (κ3) is 5.02. The summed E-state index contributed by atoms with van der Waals surface area (Å²) in [7, 11) is 5.23. The predicted octanol–water partition coefficient (Wildman–Crippen LogP) is 2.15. The molecule has 1 heterocycles. The van der Waals surface area contributed by atoms with Crippen molar-refractivity contribution in [3.63, 3.8) is 0 Å². The van der Waals surface area contributed by atoms with E-state index in [1.165, 1.54) is 0 Å². The predicted molar refractivity (Wildman–Crippen MR) is 115 cm³/mol. The molecule has 0 amide bonds. The molecule has 2 aromatic rings. The number of Topliss-reactive ketones (excluding diaryl/α,β-unsaturated/α-hetero) is 1. The van der Waals surface area contributed by atoms with Crippen molar-refractivity contribution in [2.24, 2.45) is 0 Å². The van der Waals surface area contributed by atoms with Gasteiger partial charge in [-0.25, -0.2) is 4.79 Å². The largest absolute Gasteiger partial charge is 0.493 e. The molecule has 0 saturated heterocycles. The van der Waals surface area contributed by atoms with Gasteiger partial charge in [-0.05, 0) is 51.0 Å². The van der Waals surface area contributed by atoms with Crippen LogP contribution in [-0.4, -0.2) is 57.2 Å². The molecule has 2 rings (SSSR count). The molecule has 0 aliphatic heterocycles. The molecule has 0 radical (unpaired) electrons.